The monoisotopic (exact) mass is 335 g/mol. The van der Waals surface area contributed by atoms with E-state index in [1.165, 1.54) is 17.2 Å². The Morgan fingerprint density at radius 1 is 1.15 bits per heavy atom. The summed E-state index contributed by atoms with van der Waals surface area (Å²) in [5.41, 5.74) is 3.47. The van der Waals surface area contributed by atoms with Gasteiger partial charge in [-0.15, -0.1) is 0 Å². The molecule has 0 bridgehead atoms. The SMILES string of the molecule is CCC(NCc1cc(F)ccc1Br)c1ccc(C)cc1. The molecule has 2 rings (SSSR count). The van der Waals surface area contributed by atoms with Crippen LogP contribution in [-0.4, -0.2) is 0 Å². The lowest BCUT2D eigenvalue weighted by Gasteiger charge is -2.18. The molecule has 2 aromatic carbocycles. The average molecular weight is 336 g/mol. The molecule has 0 fully saturated rings. The fourth-order valence-corrected chi connectivity index (χ4v) is 2.60. The summed E-state index contributed by atoms with van der Waals surface area (Å²) in [5.74, 6) is -0.201. The topological polar surface area (TPSA) is 12.0 Å². The Morgan fingerprint density at radius 3 is 2.50 bits per heavy atom. The van der Waals surface area contributed by atoms with Crippen LogP contribution >= 0.6 is 15.9 Å². The lowest BCUT2D eigenvalue weighted by atomic mass is 10.0. The lowest BCUT2D eigenvalue weighted by Crippen LogP contribution is -2.20. The van der Waals surface area contributed by atoms with Gasteiger partial charge in [-0.2, -0.15) is 0 Å². The van der Waals surface area contributed by atoms with Crippen molar-refractivity contribution in [3.8, 4) is 0 Å². The van der Waals surface area contributed by atoms with Crippen LogP contribution in [0.25, 0.3) is 0 Å². The summed E-state index contributed by atoms with van der Waals surface area (Å²) in [4.78, 5) is 0. The predicted molar refractivity (Wildman–Crippen MR) is 85.2 cm³/mol. The first-order valence-electron chi connectivity index (χ1n) is 6.84. The Labute approximate surface area is 128 Å². The first-order chi connectivity index (χ1) is 9.60. The van der Waals surface area contributed by atoms with Crippen molar-refractivity contribution in [2.45, 2.75) is 32.9 Å². The molecular weight excluding hydrogens is 317 g/mol. The van der Waals surface area contributed by atoms with E-state index in [1.54, 1.807) is 12.1 Å². The van der Waals surface area contributed by atoms with Crippen LogP contribution in [-0.2, 0) is 6.54 Å². The largest absolute Gasteiger partial charge is 0.306 e. The molecular formula is C17H19BrFN. The highest BCUT2D eigenvalue weighted by Gasteiger charge is 2.10. The zero-order valence-electron chi connectivity index (χ0n) is 11.8. The van der Waals surface area contributed by atoms with Crippen molar-refractivity contribution < 1.29 is 4.39 Å². The van der Waals surface area contributed by atoms with Crippen LogP contribution < -0.4 is 5.32 Å². The maximum atomic E-state index is 13.3. The number of rotatable bonds is 5. The highest BCUT2D eigenvalue weighted by Crippen LogP contribution is 2.21. The van der Waals surface area contributed by atoms with Crippen LogP contribution in [0, 0.1) is 12.7 Å². The van der Waals surface area contributed by atoms with Gasteiger partial charge in [-0.1, -0.05) is 52.7 Å². The van der Waals surface area contributed by atoms with E-state index in [1.807, 2.05) is 0 Å². The number of benzene rings is 2. The van der Waals surface area contributed by atoms with E-state index in [4.69, 9.17) is 0 Å². The van der Waals surface area contributed by atoms with Crippen molar-refractivity contribution in [2.75, 3.05) is 0 Å². The van der Waals surface area contributed by atoms with Crippen LogP contribution in [0.2, 0.25) is 0 Å². The Kier molecular flexibility index (Phi) is 5.32. The molecule has 0 aliphatic rings. The molecule has 0 aliphatic heterocycles. The Balaban J connectivity index is 2.07. The molecule has 2 aromatic rings. The molecule has 0 aliphatic carbocycles. The van der Waals surface area contributed by atoms with Gasteiger partial charge >= 0.3 is 0 Å². The minimum Gasteiger partial charge on any atom is -0.306 e. The van der Waals surface area contributed by atoms with E-state index >= 15 is 0 Å². The summed E-state index contributed by atoms with van der Waals surface area (Å²) in [6.07, 6.45) is 0.996. The summed E-state index contributed by atoms with van der Waals surface area (Å²) >= 11 is 3.46. The van der Waals surface area contributed by atoms with Crippen molar-refractivity contribution in [2.24, 2.45) is 0 Å². The average Bonchev–Trinajstić information content (AvgIpc) is 2.45. The quantitative estimate of drug-likeness (QED) is 0.797. The first kappa shape index (κ1) is 15.2. The van der Waals surface area contributed by atoms with Crippen LogP contribution in [0.1, 0.15) is 36.1 Å². The molecule has 106 valence electrons. The van der Waals surface area contributed by atoms with Gasteiger partial charge in [0.05, 0.1) is 0 Å². The zero-order chi connectivity index (χ0) is 14.5. The molecule has 1 atom stereocenters. The first-order valence-corrected chi connectivity index (χ1v) is 7.63. The van der Waals surface area contributed by atoms with Crippen molar-refractivity contribution >= 4 is 15.9 Å². The fraction of sp³-hybridized carbons (Fsp3) is 0.294. The lowest BCUT2D eigenvalue weighted by molar-refractivity contribution is 0.516. The third-order valence-corrected chi connectivity index (χ3v) is 4.21. The van der Waals surface area contributed by atoms with Crippen molar-refractivity contribution in [3.63, 3.8) is 0 Å². The van der Waals surface area contributed by atoms with E-state index < -0.39 is 0 Å². The summed E-state index contributed by atoms with van der Waals surface area (Å²) in [5, 5.41) is 3.49. The molecule has 1 N–H and O–H groups in total. The van der Waals surface area contributed by atoms with E-state index in [0.29, 0.717) is 6.54 Å². The van der Waals surface area contributed by atoms with Gasteiger partial charge in [0.1, 0.15) is 5.82 Å². The summed E-state index contributed by atoms with van der Waals surface area (Å²) in [6.45, 7) is 4.88. The van der Waals surface area contributed by atoms with E-state index in [9.17, 15) is 4.39 Å². The second-order valence-corrected chi connectivity index (χ2v) is 5.84. The second-order valence-electron chi connectivity index (χ2n) is 4.99. The van der Waals surface area contributed by atoms with Gasteiger partial charge in [0.25, 0.3) is 0 Å². The van der Waals surface area contributed by atoms with Gasteiger partial charge in [-0.25, -0.2) is 4.39 Å². The standard InChI is InChI=1S/C17H19BrFN/c1-3-17(13-6-4-12(2)5-7-13)20-11-14-10-15(19)8-9-16(14)18/h4-10,17,20H,3,11H2,1-2H3. The highest BCUT2D eigenvalue weighted by atomic mass is 79.9. The minimum atomic E-state index is -0.201. The maximum Gasteiger partial charge on any atom is 0.123 e. The number of halogens is 2. The minimum absolute atomic E-state index is 0.201. The number of hydrogen-bond donors (Lipinski definition) is 1. The smallest absolute Gasteiger partial charge is 0.123 e. The molecule has 1 unspecified atom stereocenters. The predicted octanol–water partition coefficient (Wildman–Crippen LogP) is 5.14. The molecule has 0 heterocycles. The molecule has 0 spiro atoms. The molecule has 20 heavy (non-hydrogen) atoms. The zero-order valence-corrected chi connectivity index (χ0v) is 13.4. The van der Waals surface area contributed by atoms with Gasteiger partial charge < -0.3 is 5.32 Å². The van der Waals surface area contributed by atoms with Crippen molar-refractivity contribution in [3.05, 3.63) is 69.4 Å². The van der Waals surface area contributed by atoms with Crippen LogP contribution in [0.4, 0.5) is 4.39 Å². The third kappa shape index (κ3) is 3.90. The van der Waals surface area contributed by atoms with Crippen molar-refractivity contribution in [1.29, 1.82) is 0 Å². The molecule has 0 saturated heterocycles. The maximum absolute atomic E-state index is 13.3. The normalized spacial score (nSPS) is 12.4. The third-order valence-electron chi connectivity index (χ3n) is 3.43. The number of aryl methyl sites for hydroxylation is 1. The van der Waals surface area contributed by atoms with Gasteiger partial charge in [0, 0.05) is 17.1 Å². The summed E-state index contributed by atoms with van der Waals surface area (Å²) < 4.78 is 14.2. The Hall–Kier alpha value is -1.19. The van der Waals surface area contributed by atoms with Gasteiger partial charge in [-0.05, 0) is 42.7 Å². The molecule has 0 saturated carbocycles. The van der Waals surface area contributed by atoms with Crippen LogP contribution in [0.3, 0.4) is 0 Å². The molecule has 0 radical (unpaired) electrons. The summed E-state index contributed by atoms with van der Waals surface area (Å²) in [6, 6.07) is 13.6. The van der Waals surface area contributed by atoms with E-state index in [-0.39, 0.29) is 11.9 Å². The van der Waals surface area contributed by atoms with E-state index in [0.717, 1.165) is 16.5 Å². The van der Waals surface area contributed by atoms with Crippen LogP contribution in [0.15, 0.2) is 46.9 Å². The molecule has 1 nitrogen and oxygen atoms in total. The Bertz CT molecular complexity index is 566. The molecule has 0 aromatic heterocycles. The second kappa shape index (κ2) is 7.00. The van der Waals surface area contributed by atoms with Gasteiger partial charge in [0.15, 0.2) is 0 Å². The van der Waals surface area contributed by atoms with Crippen molar-refractivity contribution in [1.82, 2.24) is 5.32 Å². The number of nitrogens with one attached hydrogen (secondary N) is 1. The Morgan fingerprint density at radius 2 is 1.85 bits per heavy atom. The van der Waals surface area contributed by atoms with E-state index in [2.05, 4.69) is 59.4 Å². The summed E-state index contributed by atoms with van der Waals surface area (Å²) in [7, 11) is 0. The van der Waals surface area contributed by atoms with Gasteiger partial charge in [0.2, 0.25) is 0 Å². The molecule has 3 heteroatoms. The number of hydrogen-bond acceptors (Lipinski definition) is 1. The molecule has 0 amide bonds. The fourth-order valence-electron chi connectivity index (χ4n) is 2.21. The van der Waals surface area contributed by atoms with Gasteiger partial charge in [-0.3, -0.25) is 0 Å². The highest BCUT2D eigenvalue weighted by molar-refractivity contribution is 9.10. The van der Waals surface area contributed by atoms with Crippen LogP contribution in [0.5, 0.6) is 0 Å².